The predicted molar refractivity (Wildman–Crippen MR) is 69.2 cm³/mol. The summed E-state index contributed by atoms with van der Waals surface area (Å²) in [5, 5.41) is 11.8. The van der Waals surface area contributed by atoms with Crippen LogP contribution in [-0.4, -0.2) is 16.3 Å². The van der Waals surface area contributed by atoms with Crippen molar-refractivity contribution in [3.05, 3.63) is 35.0 Å². The molecule has 1 aromatic carbocycles. The molecule has 0 radical (unpaired) electrons. The first-order valence-electron chi connectivity index (χ1n) is 6.53. The molecule has 1 aromatic heterocycles. The quantitative estimate of drug-likeness (QED) is 0.818. The number of hydrogen-bond acceptors (Lipinski definition) is 3. The fourth-order valence-corrected chi connectivity index (χ4v) is 3.00. The Morgan fingerprint density at radius 2 is 2.16 bits per heavy atom. The van der Waals surface area contributed by atoms with Gasteiger partial charge in [0.15, 0.2) is 5.78 Å². The van der Waals surface area contributed by atoms with Crippen LogP contribution < -0.4 is 5.11 Å². The molecule has 0 atom stereocenters. The summed E-state index contributed by atoms with van der Waals surface area (Å²) in [6.45, 7) is 2.70. The Kier molecular flexibility index (Phi) is 2.66. The van der Waals surface area contributed by atoms with Crippen molar-refractivity contribution >= 4 is 22.7 Å². The molecule has 0 fully saturated rings. The Balaban J connectivity index is 2.37. The zero-order valence-electron chi connectivity index (χ0n) is 10.7. The first-order valence-corrected chi connectivity index (χ1v) is 6.53. The monoisotopic (exact) mass is 256 g/mol. The minimum Gasteiger partial charge on any atom is -0.545 e. The van der Waals surface area contributed by atoms with Gasteiger partial charge in [-0.3, -0.25) is 4.79 Å². The maximum atomic E-state index is 12.1. The van der Waals surface area contributed by atoms with Crippen LogP contribution >= 0.6 is 0 Å². The van der Waals surface area contributed by atoms with E-state index in [-0.39, 0.29) is 11.3 Å². The molecule has 19 heavy (non-hydrogen) atoms. The number of carboxylic acids is 1. The van der Waals surface area contributed by atoms with E-state index < -0.39 is 5.97 Å². The molecule has 4 heteroatoms. The number of carbonyl (C=O) groups is 2. The number of nitrogens with zero attached hydrogens (tertiary/aromatic N) is 1. The Morgan fingerprint density at radius 3 is 2.84 bits per heavy atom. The lowest BCUT2D eigenvalue weighted by atomic mass is 9.94. The molecule has 0 saturated carbocycles. The van der Waals surface area contributed by atoms with Crippen molar-refractivity contribution in [2.75, 3.05) is 0 Å². The molecule has 1 heterocycles. The topological polar surface area (TPSA) is 62.1 Å². The Bertz CT molecular complexity index is 697. The molecule has 0 saturated heterocycles. The number of aryl methyl sites for hydroxylation is 2. The van der Waals surface area contributed by atoms with Crippen LogP contribution in [0.15, 0.2) is 18.2 Å². The number of carboxylic acid groups (broad SMARTS) is 1. The SMILES string of the molecule is CCn1c2c(c3cc(C(=O)[O-])ccc31)CCCC2=O. The third-order valence-electron chi connectivity index (χ3n) is 3.81. The van der Waals surface area contributed by atoms with Crippen LogP contribution in [0.25, 0.3) is 10.9 Å². The van der Waals surface area contributed by atoms with Crippen LogP contribution in [0, 0.1) is 0 Å². The lowest BCUT2D eigenvalue weighted by Gasteiger charge is -2.13. The summed E-state index contributed by atoms with van der Waals surface area (Å²) in [4.78, 5) is 23.1. The number of benzene rings is 1. The van der Waals surface area contributed by atoms with Gasteiger partial charge in [-0.25, -0.2) is 0 Å². The zero-order chi connectivity index (χ0) is 13.6. The predicted octanol–water partition coefficient (Wildman–Crippen LogP) is 1.54. The van der Waals surface area contributed by atoms with Crippen molar-refractivity contribution in [2.45, 2.75) is 32.7 Å². The average molecular weight is 256 g/mol. The first-order chi connectivity index (χ1) is 9.13. The number of aromatic carboxylic acids is 1. The van der Waals surface area contributed by atoms with E-state index in [9.17, 15) is 14.7 Å². The molecule has 0 aliphatic heterocycles. The van der Waals surface area contributed by atoms with E-state index in [1.807, 2.05) is 11.5 Å². The van der Waals surface area contributed by atoms with Crippen LogP contribution in [0.4, 0.5) is 0 Å². The van der Waals surface area contributed by atoms with Crippen molar-refractivity contribution in [3.63, 3.8) is 0 Å². The smallest absolute Gasteiger partial charge is 0.179 e. The molecular formula is C15H14NO3-. The van der Waals surface area contributed by atoms with Gasteiger partial charge in [-0.15, -0.1) is 0 Å². The summed E-state index contributed by atoms with van der Waals surface area (Å²) in [6, 6.07) is 4.95. The van der Waals surface area contributed by atoms with Gasteiger partial charge in [0, 0.05) is 23.9 Å². The molecule has 4 nitrogen and oxygen atoms in total. The normalized spacial score (nSPS) is 14.7. The summed E-state index contributed by atoms with van der Waals surface area (Å²) in [5.74, 6) is -1.02. The second kappa shape index (κ2) is 4.23. The highest BCUT2D eigenvalue weighted by molar-refractivity contribution is 6.05. The number of aromatic nitrogens is 1. The third-order valence-corrected chi connectivity index (χ3v) is 3.81. The molecular weight excluding hydrogens is 242 g/mol. The van der Waals surface area contributed by atoms with Crippen LogP contribution in [0.1, 0.15) is 46.2 Å². The largest absolute Gasteiger partial charge is 0.545 e. The van der Waals surface area contributed by atoms with E-state index in [0.717, 1.165) is 35.0 Å². The van der Waals surface area contributed by atoms with Crippen LogP contribution in [0.5, 0.6) is 0 Å². The molecule has 0 N–H and O–H groups in total. The van der Waals surface area contributed by atoms with E-state index in [1.54, 1.807) is 18.2 Å². The molecule has 1 aliphatic carbocycles. The summed E-state index contributed by atoms with van der Waals surface area (Å²) in [5.41, 5.74) is 2.87. The highest BCUT2D eigenvalue weighted by atomic mass is 16.4. The number of ketones is 1. The van der Waals surface area contributed by atoms with Crippen molar-refractivity contribution < 1.29 is 14.7 Å². The van der Waals surface area contributed by atoms with Gasteiger partial charge in [0.2, 0.25) is 0 Å². The molecule has 3 rings (SSSR count). The number of rotatable bonds is 2. The Labute approximate surface area is 110 Å². The standard InChI is InChI=1S/C15H15NO3/c1-2-16-12-7-6-9(15(18)19)8-11(12)10-4-3-5-13(17)14(10)16/h6-8H,2-5H2,1H3,(H,18,19)/p-1. The summed E-state index contributed by atoms with van der Waals surface area (Å²) < 4.78 is 1.99. The van der Waals surface area contributed by atoms with Gasteiger partial charge in [-0.05, 0) is 43.0 Å². The molecule has 0 spiro atoms. The second-order valence-corrected chi connectivity index (χ2v) is 4.87. The fourth-order valence-electron chi connectivity index (χ4n) is 3.00. The van der Waals surface area contributed by atoms with Gasteiger partial charge < -0.3 is 14.5 Å². The molecule has 1 aliphatic rings. The average Bonchev–Trinajstić information content (AvgIpc) is 2.73. The van der Waals surface area contributed by atoms with E-state index >= 15 is 0 Å². The van der Waals surface area contributed by atoms with E-state index in [0.29, 0.717) is 13.0 Å². The maximum Gasteiger partial charge on any atom is 0.179 e. The number of carbonyl (C=O) groups excluding carboxylic acids is 2. The van der Waals surface area contributed by atoms with Crippen molar-refractivity contribution in [1.82, 2.24) is 4.57 Å². The number of hydrogen-bond donors (Lipinski definition) is 0. The summed E-state index contributed by atoms with van der Waals surface area (Å²) in [6.07, 6.45) is 2.25. The number of Topliss-reactive ketones (excluding diaryl/α,β-unsaturated/α-hetero) is 1. The van der Waals surface area contributed by atoms with Gasteiger partial charge >= 0.3 is 0 Å². The lowest BCUT2D eigenvalue weighted by molar-refractivity contribution is -0.255. The van der Waals surface area contributed by atoms with E-state index in [1.165, 1.54) is 0 Å². The molecule has 0 bridgehead atoms. The Morgan fingerprint density at radius 1 is 1.37 bits per heavy atom. The van der Waals surface area contributed by atoms with Gasteiger partial charge in [0.25, 0.3) is 0 Å². The van der Waals surface area contributed by atoms with E-state index in [2.05, 4.69) is 0 Å². The van der Waals surface area contributed by atoms with Crippen LogP contribution in [-0.2, 0) is 13.0 Å². The highest BCUT2D eigenvalue weighted by Gasteiger charge is 2.25. The van der Waals surface area contributed by atoms with Crippen molar-refractivity contribution in [1.29, 1.82) is 0 Å². The lowest BCUT2D eigenvalue weighted by Crippen LogP contribution is -2.22. The fraction of sp³-hybridized carbons (Fsp3) is 0.333. The molecule has 98 valence electrons. The van der Waals surface area contributed by atoms with E-state index in [4.69, 9.17) is 0 Å². The maximum absolute atomic E-state index is 12.1. The highest BCUT2D eigenvalue weighted by Crippen LogP contribution is 2.32. The van der Waals surface area contributed by atoms with Crippen LogP contribution in [0.2, 0.25) is 0 Å². The third kappa shape index (κ3) is 1.67. The Hall–Kier alpha value is -2.10. The minimum atomic E-state index is -1.18. The molecule has 2 aromatic rings. The molecule has 0 unspecified atom stereocenters. The van der Waals surface area contributed by atoms with Gasteiger partial charge in [-0.2, -0.15) is 0 Å². The van der Waals surface area contributed by atoms with Gasteiger partial charge in [-0.1, -0.05) is 6.07 Å². The minimum absolute atomic E-state index is 0.161. The summed E-state index contributed by atoms with van der Waals surface area (Å²) >= 11 is 0. The molecule has 0 amide bonds. The van der Waals surface area contributed by atoms with Crippen LogP contribution in [0.3, 0.4) is 0 Å². The van der Waals surface area contributed by atoms with Crippen molar-refractivity contribution in [3.8, 4) is 0 Å². The van der Waals surface area contributed by atoms with Gasteiger partial charge in [0.05, 0.1) is 11.7 Å². The number of fused-ring (bicyclic) bond motifs is 3. The zero-order valence-corrected chi connectivity index (χ0v) is 10.7. The first kappa shape index (κ1) is 12.0. The second-order valence-electron chi connectivity index (χ2n) is 4.87. The van der Waals surface area contributed by atoms with Gasteiger partial charge in [0.1, 0.15) is 0 Å². The van der Waals surface area contributed by atoms with Crippen molar-refractivity contribution in [2.24, 2.45) is 0 Å². The summed E-state index contributed by atoms with van der Waals surface area (Å²) in [7, 11) is 0.